The molecule has 1 rings (SSSR count). The number of allylic oxidation sites excluding steroid dienone is 2. The van der Waals surface area contributed by atoms with E-state index in [0.717, 1.165) is 12.8 Å². The van der Waals surface area contributed by atoms with Crippen LogP contribution in [0.2, 0.25) is 0 Å². The van der Waals surface area contributed by atoms with E-state index in [9.17, 15) is 0 Å². The molecule has 0 spiro atoms. The first-order valence-electron chi connectivity index (χ1n) is 11.8. The van der Waals surface area contributed by atoms with Crippen LogP contribution in [0.3, 0.4) is 0 Å². The normalized spacial score (nSPS) is 12.7. The number of benzene rings is 1. The molecule has 2 N–H and O–H groups in total. The second-order valence-corrected chi connectivity index (χ2v) is 8.18. The molecule has 0 bridgehead atoms. The van der Waals surface area contributed by atoms with Gasteiger partial charge in [-0.3, -0.25) is 0 Å². The molecule has 1 aromatic rings. The lowest BCUT2D eigenvalue weighted by Crippen LogP contribution is -2.22. The molecule has 0 aliphatic heterocycles. The first kappa shape index (κ1) is 24.0. The molecular weight excluding hydrogens is 326 g/mol. The van der Waals surface area contributed by atoms with Crippen LogP contribution < -0.4 is 5.73 Å². The third kappa shape index (κ3) is 15.7. The molecule has 0 saturated carbocycles. The summed E-state index contributed by atoms with van der Waals surface area (Å²) in [7, 11) is 0. The van der Waals surface area contributed by atoms with Gasteiger partial charge in [-0.05, 0) is 44.1 Å². The van der Waals surface area contributed by atoms with Gasteiger partial charge in [-0.1, -0.05) is 114 Å². The van der Waals surface area contributed by atoms with Gasteiger partial charge in [0.25, 0.3) is 0 Å². The Morgan fingerprint density at radius 1 is 0.704 bits per heavy atom. The highest BCUT2D eigenvalue weighted by atomic mass is 14.6. The highest BCUT2D eigenvalue weighted by molar-refractivity contribution is 5.15. The van der Waals surface area contributed by atoms with Crippen LogP contribution in [0.15, 0.2) is 42.5 Å². The molecule has 0 aliphatic rings. The third-order valence-corrected chi connectivity index (χ3v) is 5.43. The van der Waals surface area contributed by atoms with Crippen molar-refractivity contribution < 1.29 is 0 Å². The minimum absolute atomic E-state index is 0.323. The van der Waals surface area contributed by atoms with Gasteiger partial charge < -0.3 is 5.73 Å². The van der Waals surface area contributed by atoms with E-state index >= 15 is 0 Å². The van der Waals surface area contributed by atoms with Crippen LogP contribution in [0.1, 0.15) is 109 Å². The summed E-state index contributed by atoms with van der Waals surface area (Å²) in [5.74, 6) is 0. The Hall–Kier alpha value is -1.08. The fraction of sp³-hybridized carbons (Fsp3) is 0.692. The van der Waals surface area contributed by atoms with E-state index in [4.69, 9.17) is 5.73 Å². The van der Waals surface area contributed by atoms with Crippen LogP contribution in [0.25, 0.3) is 0 Å². The van der Waals surface area contributed by atoms with Gasteiger partial charge in [0, 0.05) is 6.04 Å². The van der Waals surface area contributed by atoms with Crippen molar-refractivity contribution in [2.75, 3.05) is 0 Å². The molecule has 0 radical (unpaired) electrons. The molecule has 154 valence electrons. The van der Waals surface area contributed by atoms with Crippen LogP contribution in [-0.2, 0) is 6.42 Å². The van der Waals surface area contributed by atoms with E-state index in [1.54, 1.807) is 0 Å². The Bertz CT molecular complexity index is 437. The Balaban J connectivity index is 1.80. The predicted molar refractivity (Wildman–Crippen MR) is 122 cm³/mol. The fourth-order valence-corrected chi connectivity index (χ4v) is 3.67. The zero-order chi connectivity index (χ0) is 19.4. The zero-order valence-corrected chi connectivity index (χ0v) is 18.0. The number of hydrogen-bond acceptors (Lipinski definition) is 1. The Labute approximate surface area is 169 Å². The fourth-order valence-electron chi connectivity index (χ4n) is 3.67. The average Bonchev–Trinajstić information content (AvgIpc) is 2.68. The molecule has 27 heavy (non-hydrogen) atoms. The summed E-state index contributed by atoms with van der Waals surface area (Å²) in [6, 6.07) is 11.0. The molecule has 0 amide bonds. The minimum Gasteiger partial charge on any atom is -0.327 e. The highest BCUT2D eigenvalue weighted by Gasteiger charge is 2.03. The van der Waals surface area contributed by atoms with Crippen LogP contribution in [0, 0.1) is 0 Å². The third-order valence-electron chi connectivity index (χ3n) is 5.43. The summed E-state index contributed by atoms with van der Waals surface area (Å²) in [4.78, 5) is 0. The first-order chi connectivity index (χ1) is 13.3. The number of hydrogen-bond donors (Lipinski definition) is 1. The van der Waals surface area contributed by atoms with E-state index in [-0.39, 0.29) is 0 Å². The van der Waals surface area contributed by atoms with E-state index in [0.29, 0.717) is 6.04 Å². The summed E-state index contributed by atoms with van der Waals surface area (Å²) in [6.45, 7) is 2.28. The van der Waals surface area contributed by atoms with E-state index < -0.39 is 0 Å². The van der Waals surface area contributed by atoms with Gasteiger partial charge >= 0.3 is 0 Å². The van der Waals surface area contributed by atoms with Gasteiger partial charge in [-0.25, -0.2) is 0 Å². The topological polar surface area (TPSA) is 26.0 Å². The molecule has 1 heteroatoms. The summed E-state index contributed by atoms with van der Waals surface area (Å²) < 4.78 is 0. The van der Waals surface area contributed by atoms with Crippen molar-refractivity contribution in [3.63, 3.8) is 0 Å². The molecule has 1 unspecified atom stereocenters. The summed E-state index contributed by atoms with van der Waals surface area (Å²) in [5.41, 5.74) is 7.63. The van der Waals surface area contributed by atoms with Crippen molar-refractivity contribution in [2.24, 2.45) is 5.73 Å². The maximum absolute atomic E-state index is 6.26. The van der Waals surface area contributed by atoms with Crippen LogP contribution in [0.5, 0.6) is 0 Å². The maximum Gasteiger partial charge on any atom is 0.00793 e. The molecule has 0 heterocycles. The minimum atomic E-state index is 0.323. The SMILES string of the molecule is CCCCCCCC/C=C\CCCCCCCCC(N)Cc1ccccc1. The van der Waals surface area contributed by atoms with E-state index in [1.165, 1.54) is 95.5 Å². The quantitative estimate of drug-likeness (QED) is 0.205. The molecule has 0 fully saturated rings. The van der Waals surface area contributed by atoms with Gasteiger partial charge in [0.15, 0.2) is 0 Å². The number of unbranched alkanes of at least 4 members (excludes halogenated alkanes) is 12. The summed E-state index contributed by atoms with van der Waals surface area (Å²) >= 11 is 0. The average molecular weight is 372 g/mol. The Kier molecular flexibility index (Phi) is 16.2. The van der Waals surface area contributed by atoms with Gasteiger partial charge in [-0.2, -0.15) is 0 Å². The monoisotopic (exact) mass is 371 g/mol. The van der Waals surface area contributed by atoms with Crippen molar-refractivity contribution in [1.82, 2.24) is 0 Å². The van der Waals surface area contributed by atoms with Crippen molar-refractivity contribution in [3.05, 3.63) is 48.0 Å². The van der Waals surface area contributed by atoms with Gasteiger partial charge in [0.1, 0.15) is 0 Å². The number of nitrogens with two attached hydrogens (primary N) is 1. The lowest BCUT2D eigenvalue weighted by atomic mass is 10.0. The lowest BCUT2D eigenvalue weighted by Gasteiger charge is -2.11. The summed E-state index contributed by atoms with van der Waals surface area (Å²) in [5, 5.41) is 0. The number of rotatable bonds is 18. The van der Waals surface area contributed by atoms with Gasteiger partial charge in [0.05, 0.1) is 0 Å². The van der Waals surface area contributed by atoms with Crippen molar-refractivity contribution in [1.29, 1.82) is 0 Å². The molecule has 1 aromatic carbocycles. The predicted octanol–water partition coefficient (Wildman–Crippen LogP) is 7.98. The van der Waals surface area contributed by atoms with Crippen molar-refractivity contribution in [2.45, 2.75) is 116 Å². The van der Waals surface area contributed by atoms with Gasteiger partial charge in [-0.15, -0.1) is 0 Å². The maximum atomic E-state index is 6.26. The summed E-state index contributed by atoms with van der Waals surface area (Å²) in [6.07, 6.45) is 26.1. The molecule has 1 nitrogen and oxygen atoms in total. The molecule has 0 aliphatic carbocycles. The molecule has 0 aromatic heterocycles. The zero-order valence-electron chi connectivity index (χ0n) is 18.0. The van der Waals surface area contributed by atoms with Crippen molar-refractivity contribution >= 4 is 0 Å². The van der Waals surface area contributed by atoms with E-state index in [1.807, 2.05) is 0 Å². The Morgan fingerprint density at radius 2 is 1.22 bits per heavy atom. The largest absolute Gasteiger partial charge is 0.327 e. The van der Waals surface area contributed by atoms with Crippen LogP contribution >= 0.6 is 0 Å². The van der Waals surface area contributed by atoms with Crippen LogP contribution in [0.4, 0.5) is 0 Å². The second kappa shape index (κ2) is 18.3. The van der Waals surface area contributed by atoms with E-state index in [2.05, 4.69) is 49.4 Å². The van der Waals surface area contributed by atoms with Crippen LogP contribution in [-0.4, -0.2) is 6.04 Å². The molecule has 0 saturated heterocycles. The Morgan fingerprint density at radius 3 is 1.81 bits per heavy atom. The first-order valence-corrected chi connectivity index (χ1v) is 11.8. The highest BCUT2D eigenvalue weighted by Crippen LogP contribution is 2.12. The van der Waals surface area contributed by atoms with Crippen molar-refractivity contribution in [3.8, 4) is 0 Å². The molecule has 1 atom stereocenters. The smallest absolute Gasteiger partial charge is 0.00793 e. The standard InChI is InChI=1S/C26H45N/c1-2-3-4-5-6-7-8-9-10-11-12-13-14-15-16-20-23-26(27)24-25-21-18-17-19-22-25/h9-10,17-19,21-22,26H,2-8,11-16,20,23-24,27H2,1H3/b10-9-. The lowest BCUT2D eigenvalue weighted by molar-refractivity contribution is 0.530. The molecular formula is C26H45N. The van der Waals surface area contributed by atoms with Gasteiger partial charge in [0.2, 0.25) is 0 Å². The second-order valence-electron chi connectivity index (χ2n) is 8.18.